The van der Waals surface area contributed by atoms with E-state index in [9.17, 15) is 0 Å². The van der Waals surface area contributed by atoms with E-state index in [0.29, 0.717) is 0 Å². The Morgan fingerprint density at radius 1 is 1.20 bits per heavy atom. The van der Waals surface area contributed by atoms with Crippen LogP contribution in [0.4, 0.5) is 0 Å². The zero-order valence-electron chi connectivity index (χ0n) is 4.95. The largest absolute Gasteiger partial charge is 1.00 e. The Bertz CT molecular complexity index is 287. The second-order valence-corrected chi connectivity index (χ2v) is 1.78. The fourth-order valence-electron chi connectivity index (χ4n) is 0.752. The molecule has 0 amide bonds. The van der Waals surface area contributed by atoms with Gasteiger partial charge in [0.2, 0.25) is 0 Å². The summed E-state index contributed by atoms with van der Waals surface area (Å²) >= 11 is 0. The van der Waals surface area contributed by atoms with Crippen LogP contribution in [0.2, 0.25) is 0 Å². The molecule has 0 radical (unpaired) electrons. The Morgan fingerprint density at radius 3 is 2.80 bits per heavy atom. The summed E-state index contributed by atoms with van der Waals surface area (Å²) in [5.41, 5.74) is 1.72. The molecule has 0 aliphatic heterocycles. The van der Waals surface area contributed by atoms with Crippen molar-refractivity contribution in [1.29, 1.82) is 0 Å². The van der Waals surface area contributed by atoms with Gasteiger partial charge in [-0.2, -0.15) is 0 Å². The summed E-state index contributed by atoms with van der Waals surface area (Å²) in [6, 6.07) is 7.60. The first-order chi connectivity index (χ1) is 4.47. The standard InChI is InChI=1S/C6H4N3.Cu/c1-2-4-6-5(3-1)7-9-8-6;/h1-4H;/q-1;+1. The maximum absolute atomic E-state index is 3.76. The molecule has 0 fully saturated rings. The van der Waals surface area contributed by atoms with Gasteiger partial charge in [0.15, 0.2) is 0 Å². The number of hydrogen-bond donors (Lipinski definition) is 0. The van der Waals surface area contributed by atoms with Crippen molar-refractivity contribution in [2.24, 2.45) is 0 Å². The van der Waals surface area contributed by atoms with Crippen molar-refractivity contribution in [3.8, 4) is 0 Å². The summed E-state index contributed by atoms with van der Waals surface area (Å²) in [6.07, 6.45) is 0. The summed E-state index contributed by atoms with van der Waals surface area (Å²) < 4.78 is 0. The SMILES string of the molecule is [Cu+].c1ccc2[n-]nnc2c1. The Kier molecular flexibility index (Phi) is 2.04. The number of fused-ring (bicyclic) bond motifs is 1. The van der Waals surface area contributed by atoms with Crippen LogP contribution in [0.15, 0.2) is 24.3 Å². The molecule has 0 saturated carbocycles. The minimum Gasteiger partial charge on any atom is -0.350 e. The topological polar surface area (TPSA) is 39.9 Å². The number of benzene rings is 1. The van der Waals surface area contributed by atoms with Gasteiger partial charge >= 0.3 is 17.1 Å². The zero-order chi connectivity index (χ0) is 6.10. The van der Waals surface area contributed by atoms with Crippen LogP contribution in [-0.4, -0.2) is 10.3 Å². The molecule has 3 nitrogen and oxygen atoms in total. The summed E-state index contributed by atoms with van der Waals surface area (Å²) in [7, 11) is 0. The van der Waals surface area contributed by atoms with E-state index in [4.69, 9.17) is 0 Å². The normalized spacial score (nSPS) is 9.20. The summed E-state index contributed by atoms with van der Waals surface area (Å²) in [6.45, 7) is 0. The van der Waals surface area contributed by atoms with Crippen molar-refractivity contribution in [2.45, 2.75) is 0 Å². The Balaban J connectivity index is 0.000000500. The predicted octanol–water partition coefficient (Wildman–Crippen LogP) is 0.584. The minimum absolute atomic E-state index is 0. The van der Waals surface area contributed by atoms with Gasteiger partial charge in [0.25, 0.3) is 0 Å². The molecular formula is C6H4CuN3. The molecule has 1 aromatic heterocycles. The van der Waals surface area contributed by atoms with E-state index in [1.165, 1.54) is 0 Å². The summed E-state index contributed by atoms with van der Waals surface area (Å²) in [4.78, 5) is 0. The molecule has 4 heteroatoms. The second-order valence-electron chi connectivity index (χ2n) is 1.78. The van der Waals surface area contributed by atoms with Crippen LogP contribution in [0, 0.1) is 0 Å². The van der Waals surface area contributed by atoms with Gasteiger partial charge in [0.1, 0.15) is 0 Å². The molecule has 1 aromatic carbocycles. The fraction of sp³-hybridized carbons (Fsp3) is 0. The molecule has 54 valence electrons. The van der Waals surface area contributed by atoms with Gasteiger partial charge in [-0.3, -0.25) is 5.21 Å². The molecule has 2 aromatic rings. The minimum atomic E-state index is 0. The molecule has 1 heterocycles. The van der Waals surface area contributed by atoms with Gasteiger partial charge in [-0.05, 0) is 11.0 Å². The van der Waals surface area contributed by atoms with E-state index in [-0.39, 0.29) is 17.1 Å². The third-order valence-corrected chi connectivity index (χ3v) is 1.19. The third-order valence-electron chi connectivity index (χ3n) is 1.19. The van der Waals surface area contributed by atoms with Gasteiger partial charge in [-0.25, -0.2) is 0 Å². The molecule has 0 unspecified atom stereocenters. The molecule has 0 aliphatic carbocycles. The van der Waals surface area contributed by atoms with E-state index in [2.05, 4.69) is 15.4 Å². The maximum atomic E-state index is 3.76. The van der Waals surface area contributed by atoms with Crippen molar-refractivity contribution in [1.82, 2.24) is 15.4 Å². The van der Waals surface area contributed by atoms with E-state index in [0.717, 1.165) is 11.0 Å². The smallest absolute Gasteiger partial charge is 0.350 e. The van der Waals surface area contributed by atoms with Gasteiger partial charge < -0.3 is 10.2 Å². The van der Waals surface area contributed by atoms with Crippen molar-refractivity contribution >= 4 is 11.0 Å². The Morgan fingerprint density at radius 2 is 2.00 bits per heavy atom. The zero-order valence-corrected chi connectivity index (χ0v) is 5.89. The van der Waals surface area contributed by atoms with Crippen LogP contribution in [-0.2, 0) is 17.1 Å². The van der Waals surface area contributed by atoms with Crippen molar-refractivity contribution < 1.29 is 17.1 Å². The molecule has 2 rings (SSSR count). The van der Waals surface area contributed by atoms with Gasteiger partial charge in [-0.15, -0.1) is 0 Å². The van der Waals surface area contributed by atoms with Crippen molar-refractivity contribution in [3.05, 3.63) is 24.3 Å². The van der Waals surface area contributed by atoms with Crippen LogP contribution in [0.1, 0.15) is 0 Å². The average Bonchev–Trinajstić information content (AvgIpc) is 2.33. The van der Waals surface area contributed by atoms with E-state index in [1.54, 1.807) is 0 Å². The molecular weight excluding hydrogens is 178 g/mol. The average molecular weight is 182 g/mol. The van der Waals surface area contributed by atoms with Gasteiger partial charge in [-0.1, -0.05) is 24.3 Å². The quantitative estimate of drug-likeness (QED) is 0.559. The van der Waals surface area contributed by atoms with Crippen molar-refractivity contribution in [3.63, 3.8) is 0 Å². The van der Waals surface area contributed by atoms with Gasteiger partial charge in [0.05, 0.1) is 0 Å². The van der Waals surface area contributed by atoms with Crippen LogP contribution < -0.4 is 5.10 Å². The summed E-state index contributed by atoms with van der Waals surface area (Å²) in [5, 5.41) is 11.0. The predicted molar refractivity (Wildman–Crippen MR) is 32.9 cm³/mol. The van der Waals surface area contributed by atoms with Crippen LogP contribution in [0.3, 0.4) is 0 Å². The molecule has 0 atom stereocenters. The van der Waals surface area contributed by atoms with Crippen LogP contribution >= 0.6 is 0 Å². The number of hydrogen-bond acceptors (Lipinski definition) is 2. The summed E-state index contributed by atoms with van der Waals surface area (Å²) in [5.74, 6) is 0. The fourth-order valence-corrected chi connectivity index (χ4v) is 0.752. The number of nitrogens with zero attached hydrogens (tertiary/aromatic N) is 3. The second kappa shape index (κ2) is 2.82. The Labute approximate surface area is 68.3 Å². The first-order valence-corrected chi connectivity index (χ1v) is 2.67. The molecule has 0 bridgehead atoms. The molecule has 0 saturated heterocycles. The number of aromatic nitrogens is 3. The maximum Gasteiger partial charge on any atom is 1.00 e. The molecule has 10 heavy (non-hydrogen) atoms. The van der Waals surface area contributed by atoms with E-state index in [1.807, 2.05) is 24.3 Å². The third kappa shape index (κ3) is 1.03. The molecule has 0 N–H and O–H groups in total. The van der Waals surface area contributed by atoms with Gasteiger partial charge in [0, 0.05) is 0 Å². The molecule has 0 spiro atoms. The van der Waals surface area contributed by atoms with E-state index < -0.39 is 0 Å². The van der Waals surface area contributed by atoms with Crippen LogP contribution in [0.25, 0.3) is 11.0 Å². The van der Waals surface area contributed by atoms with E-state index >= 15 is 0 Å². The van der Waals surface area contributed by atoms with Crippen molar-refractivity contribution in [2.75, 3.05) is 0 Å². The first-order valence-electron chi connectivity index (χ1n) is 2.67. The molecule has 0 aliphatic rings. The first kappa shape index (κ1) is 7.25. The number of rotatable bonds is 0. The Hall–Kier alpha value is -0.861. The van der Waals surface area contributed by atoms with Crippen LogP contribution in [0.5, 0.6) is 0 Å². The monoisotopic (exact) mass is 181 g/mol.